The highest BCUT2D eigenvalue weighted by Gasteiger charge is 2.04. The molecule has 2 aromatic rings. The smallest absolute Gasteiger partial charge is 0.222 e. The maximum absolute atomic E-state index is 11.1. The second kappa shape index (κ2) is 5.64. The number of rotatable bonds is 4. The molecule has 1 N–H and O–H groups in total. The molecule has 0 saturated carbocycles. The fraction of sp³-hybridized carbons (Fsp3) is 0.167. The van der Waals surface area contributed by atoms with E-state index in [1.165, 1.54) is 0 Å². The Balaban J connectivity index is 2.24. The van der Waals surface area contributed by atoms with E-state index < -0.39 is 10.0 Å². The van der Waals surface area contributed by atoms with E-state index in [0.717, 1.165) is 17.4 Å². The summed E-state index contributed by atoms with van der Waals surface area (Å²) >= 11 is 5.74. The summed E-state index contributed by atoms with van der Waals surface area (Å²) in [6.45, 7) is 0.242. The standard InChI is InChI=1S/C12H12ClN3O2S/c1-19(17,18)15-8-9-3-2-4-10(7-9)11-5-6-14-12(13)16-11/h2-7,15H,8H2,1H3. The Kier molecular flexibility index (Phi) is 4.14. The highest BCUT2D eigenvalue weighted by molar-refractivity contribution is 7.88. The molecule has 0 atom stereocenters. The molecule has 100 valence electrons. The van der Waals surface area contributed by atoms with Crippen LogP contribution in [-0.4, -0.2) is 24.6 Å². The minimum absolute atomic E-state index is 0.178. The summed E-state index contributed by atoms with van der Waals surface area (Å²) in [5.41, 5.74) is 2.40. The maximum Gasteiger partial charge on any atom is 0.222 e. The topological polar surface area (TPSA) is 72.0 Å². The van der Waals surface area contributed by atoms with Crippen LogP contribution >= 0.6 is 11.6 Å². The number of nitrogens with one attached hydrogen (secondary N) is 1. The molecule has 0 aliphatic carbocycles. The molecule has 5 nitrogen and oxygen atoms in total. The summed E-state index contributed by atoms with van der Waals surface area (Å²) in [6, 6.07) is 9.16. The van der Waals surface area contributed by atoms with Crippen LogP contribution < -0.4 is 4.72 Å². The van der Waals surface area contributed by atoms with Crippen LogP contribution in [0.1, 0.15) is 5.56 Å². The number of sulfonamides is 1. The van der Waals surface area contributed by atoms with Crippen molar-refractivity contribution in [3.63, 3.8) is 0 Å². The van der Waals surface area contributed by atoms with Crippen LogP contribution in [0.5, 0.6) is 0 Å². The third-order valence-corrected chi connectivity index (χ3v) is 3.24. The summed E-state index contributed by atoms with van der Waals surface area (Å²) in [7, 11) is -3.20. The van der Waals surface area contributed by atoms with Gasteiger partial charge in [-0.15, -0.1) is 0 Å². The summed E-state index contributed by atoms with van der Waals surface area (Å²) < 4.78 is 24.6. The first kappa shape index (κ1) is 13.9. The van der Waals surface area contributed by atoms with Crippen molar-refractivity contribution in [3.05, 3.63) is 47.4 Å². The first-order valence-electron chi connectivity index (χ1n) is 5.46. The molecule has 0 aliphatic heterocycles. The van der Waals surface area contributed by atoms with Crippen molar-refractivity contribution in [1.29, 1.82) is 0 Å². The van der Waals surface area contributed by atoms with Gasteiger partial charge in [0, 0.05) is 18.3 Å². The van der Waals surface area contributed by atoms with Crippen LogP contribution in [0.3, 0.4) is 0 Å². The average molecular weight is 298 g/mol. The Hall–Kier alpha value is -1.50. The highest BCUT2D eigenvalue weighted by Crippen LogP contribution is 2.19. The molecule has 0 bridgehead atoms. The first-order valence-corrected chi connectivity index (χ1v) is 7.73. The molecular formula is C12H12ClN3O2S. The Bertz CT molecular complexity index is 689. The van der Waals surface area contributed by atoms with Crippen molar-refractivity contribution in [3.8, 4) is 11.3 Å². The Morgan fingerprint density at radius 1 is 1.32 bits per heavy atom. The van der Waals surface area contributed by atoms with Gasteiger partial charge in [0.05, 0.1) is 11.9 Å². The van der Waals surface area contributed by atoms with Crippen molar-refractivity contribution in [2.75, 3.05) is 6.26 Å². The average Bonchev–Trinajstić information content (AvgIpc) is 2.36. The summed E-state index contributed by atoms with van der Waals surface area (Å²) in [5.74, 6) is 0. The summed E-state index contributed by atoms with van der Waals surface area (Å²) in [5, 5.41) is 0.178. The van der Waals surface area contributed by atoms with E-state index in [1.807, 2.05) is 24.3 Å². The van der Waals surface area contributed by atoms with Gasteiger partial charge in [0.1, 0.15) is 0 Å². The molecule has 0 spiro atoms. The molecule has 0 fully saturated rings. The maximum atomic E-state index is 11.1. The van der Waals surface area contributed by atoms with Crippen molar-refractivity contribution < 1.29 is 8.42 Å². The highest BCUT2D eigenvalue weighted by atomic mass is 35.5. The number of aromatic nitrogens is 2. The van der Waals surface area contributed by atoms with Crippen LogP contribution in [0, 0.1) is 0 Å². The van der Waals surface area contributed by atoms with Gasteiger partial charge in [-0.1, -0.05) is 18.2 Å². The molecule has 0 amide bonds. The van der Waals surface area contributed by atoms with E-state index in [0.29, 0.717) is 5.69 Å². The van der Waals surface area contributed by atoms with Crippen LogP contribution in [0.2, 0.25) is 5.28 Å². The van der Waals surface area contributed by atoms with Crippen LogP contribution in [0.4, 0.5) is 0 Å². The first-order chi connectivity index (χ1) is 8.94. The Morgan fingerprint density at radius 3 is 2.79 bits per heavy atom. The third kappa shape index (κ3) is 4.27. The quantitative estimate of drug-likeness (QED) is 0.874. The number of hydrogen-bond donors (Lipinski definition) is 1. The number of benzene rings is 1. The fourth-order valence-corrected chi connectivity index (χ4v) is 2.13. The molecular weight excluding hydrogens is 286 g/mol. The van der Waals surface area contributed by atoms with Gasteiger partial charge < -0.3 is 0 Å². The van der Waals surface area contributed by atoms with E-state index in [-0.39, 0.29) is 11.8 Å². The third-order valence-electron chi connectivity index (χ3n) is 2.39. The van der Waals surface area contributed by atoms with Crippen LogP contribution in [-0.2, 0) is 16.6 Å². The minimum Gasteiger partial charge on any atom is -0.226 e. The normalized spacial score (nSPS) is 11.5. The second-order valence-corrected chi connectivity index (χ2v) is 6.18. The summed E-state index contributed by atoms with van der Waals surface area (Å²) in [4.78, 5) is 7.93. The Labute approximate surface area is 116 Å². The van der Waals surface area contributed by atoms with Crippen molar-refractivity contribution in [2.24, 2.45) is 0 Å². The molecule has 0 aliphatic rings. The summed E-state index contributed by atoms with van der Waals surface area (Å²) in [6.07, 6.45) is 2.70. The van der Waals surface area contributed by atoms with Gasteiger partial charge in [0.2, 0.25) is 15.3 Å². The van der Waals surface area contributed by atoms with E-state index in [9.17, 15) is 8.42 Å². The van der Waals surface area contributed by atoms with E-state index >= 15 is 0 Å². The van der Waals surface area contributed by atoms with Gasteiger partial charge >= 0.3 is 0 Å². The Morgan fingerprint density at radius 2 is 2.11 bits per heavy atom. The molecule has 1 aromatic carbocycles. The zero-order valence-electron chi connectivity index (χ0n) is 10.2. The molecule has 1 aromatic heterocycles. The second-order valence-electron chi connectivity index (χ2n) is 4.00. The van der Waals surface area contributed by atoms with E-state index in [2.05, 4.69) is 14.7 Å². The lowest BCUT2D eigenvalue weighted by Crippen LogP contribution is -2.21. The van der Waals surface area contributed by atoms with Crippen molar-refractivity contribution >= 4 is 21.6 Å². The number of halogens is 1. The minimum atomic E-state index is -3.20. The van der Waals surface area contributed by atoms with Crippen LogP contribution in [0.25, 0.3) is 11.3 Å². The molecule has 0 unspecified atom stereocenters. The lowest BCUT2D eigenvalue weighted by atomic mass is 10.1. The van der Waals surface area contributed by atoms with E-state index in [1.54, 1.807) is 12.3 Å². The van der Waals surface area contributed by atoms with Crippen molar-refractivity contribution in [1.82, 2.24) is 14.7 Å². The number of hydrogen-bond acceptors (Lipinski definition) is 4. The lowest BCUT2D eigenvalue weighted by Gasteiger charge is -2.05. The van der Waals surface area contributed by atoms with Gasteiger partial charge in [0.15, 0.2) is 0 Å². The van der Waals surface area contributed by atoms with Gasteiger partial charge in [-0.05, 0) is 29.3 Å². The molecule has 0 saturated heterocycles. The lowest BCUT2D eigenvalue weighted by molar-refractivity contribution is 0.587. The van der Waals surface area contributed by atoms with Crippen molar-refractivity contribution in [2.45, 2.75) is 6.54 Å². The monoisotopic (exact) mass is 297 g/mol. The molecule has 0 radical (unpaired) electrons. The molecule has 7 heteroatoms. The van der Waals surface area contributed by atoms with Gasteiger partial charge in [-0.3, -0.25) is 0 Å². The molecule has 1 heterocycles. The van der Waals surface area contributed by atoms with E-state index in [4.69, 9.17) is 11.6 Å². The fourth-order valence-electron chi connectivity index (χ4n) is 1.55. The van der Waals surface area contributed by atoms with Gasteiger partial charge in [0.25, 0.3) is 0 Å². The predicted octanol–water partition coefficient (Wildman–Crippen LogP) is 1.85. The van der Waals surface area contributed by atoms with Gasteiger partial charge in [-0.25, -0.2) is 23.1 Å². The number of nitrogens with zero attached hydrogens (tertiary/aromatic N) is 2. The SMILES string of the molecule is CS(=O)(=O)NCc1cccc(-c2ccnc(Cl)n2)c1. The zero-order chi connectivity index (χ0) is 13.9. The molecule has 2 rings (SSSR count). The largest absolute Gasteiger partial charge is 0.226 e. The van der Waals surface area contributed by atoms with Crippen LogP contribution in [0.15, 0.2) is 36.5 Å². The van der Waals surface area contributed by atoms with Gasteiger partial charge in [-0.2, -0.15) is 0 Å². The molecule has 19 heavy (non-hydrogen) atoms. The predicted molar refractivity (Wildman–Crippen MR) is 74.2 cm³/mol. The zero-order valence-corrected chi connectivity index (χ0v) is 11.7.